The predicted molar refractivity (Wildman–Crippen MR) is 157 cm³/mol. The summed E-state index contributed by atoms with van der Waals surface area (Å²) in [5, 5.41) is 23.3. The van der Waals surface area contributed by atoms with E-state index in [-0.39, 0.29) is 17.9 Å². The third kappa shape index (κ3) is 7.92. The second-order valence-electron chi connectivity index (χ2n) is 11.8. The van der Waals surface area contributed by atoms with Crippen molar-refractivity contribution in [2.75, 3.05) is 20.6 Å². The molecule has 44 heavy (non-hydrogen) atoms. The number of aromatic nitrogens is 1. The number of aliphatic hydroxyl groups is 1. The molecule has 2 unspecified atom stereocenters. The first kappa shape index (κ1) is 34.5. The van der Waals surface area contributed by atoms with Gasteiger partial charge in [0, 0.05) is 18.3 Å². The zero-order valence-corrected chi connectivity index (χ0v) is 25.5. The standard InChI is InChI=1S/C32H37F4N3O5/c1-17(2)9-26(39-16-20(7-8-38(5)6)12-25(35)31(39)43)30(42)37-32(44,15-27(40)41)23-13-21(14-24(34)29(23)36)28-18(3)10-22(33)11-19(28)4/h10-14,16-17,26,44H,7-9,15H2,1-6H3,(H,37,42)(H,40,41). The largest absolute Gasteiger partial charge is 0.481 e. The van der Waals surface area contributed by atoms with Gasteiger partial charge in [-0.2, -0.15) is 0 Å². The van der Waals surface area contributed by atoms with E-state index < -0.39 is 64.5 Å². The van der Waals surface area contributed by atoms with Gasteiger partial charge in [-0.15, -0.1) is 0 Å². The number of aryl methyl sites for hydroxylation is 2. The first-order valence-corrected chi connectivity index (χ1v) is 14.0. The van der Waals surface area contributed by atoms with Crippen LogP contribution in [0, 0.1) is 43.0 Å². The van der Waals surface area contributed by atoms with Gasteiger partial charge in [-0.1, -0.05) is 13.8 Å². The van der Waals surface area contributed by atoms with Crippen molar-refractivity contribution < 1.29 is 37.4 Å². The highest BCUT2D eigenvalue weighted by Crippen LogP contribution is 2.35. The van der Waals surface area contributed by atoms with E-state index in [4.69, 9.17) is 0 Å². The number of amides is 1. The molecule has 0 aliphatic heterocycles. The monoisotopic (exact) mass is 619 g/mol. The summed E-state index contributed by atoms with van der Waals surface area (Å²) in [5.74, 6) is -7.78. The van der Waals surface area contributed by atoms with Gasteiger partial charge in [0.1, 0.15) is 11.9 Å². The Morgan fingerprint density at radius 1 is 1.00 bits per heavy atom. The number of aliphatic carboxylic acids is 1. The quantitative estimate of drug-likeness (QED) is 0.198. The highest BCUT2D eigenvalue weighted by Gasteiger charge is 2.40. The molecule has 1 heterocycles. The average molecular weight is 620 g/mol. The summed E-state index contributed by atoms with van der Waals surface area (Å²) in [5.41, 5.74) is -3.59. The molecule has 0 aliphatic carbocycles. The molecule has 0 fully saturated rings. The smallest absolute Gasteiger partial charge is 0.308 e. The number of hydrogen-bond donors (Lipinski definition) is 3. The molecule has 3 N–H and O–H groups in total. The van der Waals surface area contributed by atoms with Gasteiger partial charge in [-0.3, -0.25) is 14.4 Å². The number of nitrogens with one attached hydrogen (secondary N) is 1. The maximum absolute atomic E-state index is 15.4. The molecule has 0 saturated carbocycles. The highest BCUT2D eigenvalue weighted by molar-refractivity contribution is 5.82. The van der Waals surface area contributed by atoms with E-state index >= 15 is 8.78 Å². The molecule has 12 heteroatoms. The van der Waals surface area contributed by atoms with E-state index in [9.17, 15) is 33.4 Å². The zero-order chi connectivity index (χ0) is 33.1. The number of nitrogens with zero attached hydrogens (tertiary/aromatic N) is 2. The lowest BCUT2D eigenvalue weighted by atomic mass is 9.90. The first-order chi connectivity index (χ1) is 20.4. The van der Waals surface area contributed by atoms with Gasteiger partial charge >= 0.3 is 5.97 Å². The number of halogens is 4. The fraction of sp³-hybridized carbons (Fsp3) is 0.406. The van der Waals surface area contributed by atoms with Gasteiger partial charge < -0.3 is 25.0 Å². The Labute approximate surface area is 252 Å². The number of carboxylic acids is 1. The number of carbonyl (C=O) groups excluding carboxylic acids is 1. The Balaban J connectivity index is 2.17. The third-order valence-corrected chi connectivity index (χ3v) is 7.23. The Hall–Kier alpha value is -4.03. The van der Waals surface area contributed by atoms with Crippen molar-refractivity contribution in [3.05, 3.63) is 92.4 Å². The molecule has 3 rings (SSSR count). The van der Waals surface area contributed by atoms with Crippen molar-refractivity contribution in [1.82, 2.24) is 14.8 Å². The highest BCUT2D eigenvalue weighted by atomic mass is 19.2. The Kier molecular flexibility index (Phi) is 10.8. The normalized spacial score (nSPS) is 13.7. The summed E-state index contributed by atoms with van der Waals surface area (Å²) in [6, 6.07) is 3.77. The summed E-state index contributed by atoms with van der Waals surface area (Å²) >= 11 is 0. The molecule has 238 valence electrons. The lowest BCUT2D eigenvalue weighted by molar-refractivity contribution is -0.148. The van der Waals surface area contributed by atoms with Crippen LogP contribution >= 0.6 is 0 Å². The first-order valence-electron chi connectivity index (χ1n) is 14.0. The summed E-state index contributed by atoms with van der Waals surface area (Å²) in [6.07, 6.45) is 0.318. The average Bonchev–Trinajstić information content (AvgIpc) is 2.88. The zero-order valence-electron chi connectivity index (χ0n) is 25.5. The van der Waals surface area contributed by atoms with Crippen molar-refractivity contribution in [3.8, 4) is 11.1 Å². The van der Waals surface area contributed by atoms with Gasteiger partial charge in [0.15, 0.2) is 23.2 Å². The van der Waals surface area contributed by atoms with Crippen molar-refractivity contribution >= 4 is 11.9 Å². The van der Waals surface area contributed by atoms with Crippen LogP contribution in [0.1, 0.15) is 55.0 Å². The Bertz CT molecular complexity index is 1600. The summed E-state index contributed by atoms with van der Waals surface area (Å²) in [7, 11) is 3.61. The van der Waals surface area contributed by atoms with E-state index in [0.29, 0.717) is 35.2 Å². The molecular formula is C32H37F4N3O5. The van der Waals surface area contributed by atoms with Crippen LogP contribution in [0.25, 0.3) is 11.1 Å². The van der Waals surface area contributed by atoms with Crippen molar-refractivity contribution in [1.29, 1.82) is 0 Å². The number of likely N-dealkylation sites (N-methyl/N-ethyl adjacent to an activating group) is 1. The van der Waals surface area contributed by atoms with Crippen LogP contribution in [0.3, 0.4) is 0 Å². The molecule has 0 bridgehead atoms. The van der Waals surface area contributed by atoms with E-state index in [0.717, 1.165) is 22.8 Å². The summed E-state index contributed by atoms with van der Waals surface area (Å²) < 4.78 is 60.0. The van der Waals surface area contributed by atoms with Crippen LogP contribution in [0.2, 0.25) is 0 Å². The molecule has 0 radical (unpaired) electrons. The Morgan fingerprint density at radius 3 is 2.16 bits per heavy atom. The fourth-order valence-corrected chi connectivity index (χ4v) is 5.25. The molecule has 0 saturated heterocycles. The molecule has 0 aliphatic rings. The van der Waals surface area contributed by atoms with Crippen LogP contribution in [-0.2, 0) is 21.7 Å². The van der Waals surface area contributed by atoms with Gasteiger partial charge in [-0.25, -0.2) is 17.6 Å². The molecule has 1 amide bonds. The number of carbonyl (C=O) groups is 2. The van der Waals surface area contributed by atoms with Gasteiger partial charge in [0.05, 0.1) is 6.42 Å². The predicted octanol–water partition coefficient (Wildman–Crippen LogP) is 4.82. The van der Waals surface area contributed by atoms with Gasteiger partial charge in [0.2, 0.25) is 5.91 Å². The molecule has 8 nitrogen and oxygen atoms in total. The van der Waals surface area contributed by atoms with Crippen LogP contribution in [-0.4, -0.2) is 52.2 Å². The van der Waals surface area contributed by atoms with E-state index in [1.807, 2.05) is 4.90 Å². The molecule has 2 atom stereocenters. The maximum atomic E-state index is 15.4. The van der Waals surface area contributed by atoms with E-state index in [1.54, 1.807) is 27.9 Å². The van der Waals surface area contributed by atoms with Crippen molar-refractivity contribution in [2.24, 2.45) is 5.92 Å². The minimum atomic E-state index is -3.01. The molecule has 3 aromatic rings. The van der Waals surface area contributed by atoms with Crippen LogP contribution in [0.5, 0.6) is 0 Å². The van der Waals surface area contributed by atoms with E-state index in [1.165, 1.54) is 32.2 Å². The Morgan fingerprint density at radius 2 is 1.61 bits per heavy atom. The lowest BCUT2D eigenvalue weighted by Crippen LogP contribution is -2.51. The fourth-order valence-electron chi connectivity index (χ4n) is 5.25. The second kappa shape index (κ2) is 13.7. The number of pyridine rings is 1. The minimum Gasteiger partial charge on any atom is -0.481 e. The molecule has 2 aromatic carbocycles. The second-order valence-corrected chi connectivity index (χ2v) is 11.8. The lowest BCUT2D eigenvalue weighted by Gasteiger charge is -2.32. The summed E-state index contributed by atoms with van der Waals surface area (Å²) in [6.45, 7) is 7.04. The minimum absolute atomic E-state index is 0.00224. The maximum Gasteiger partial charge on any atom is 0.308 e. The molecular weight excluding hydrogens is 582 g/mol. The summed E-state index contributed by atoms with van der Waals surface area (Å²) in [4.78, 5) is 40.4. The topological polar surface area (TPSA) is 112 Å². The van der Waals surface area contributed by atoms with Gasteiger partial charge in [-0.05, 0) is 105 Å². The number of benzene rings is 2. The molecule has 0 spiro atoms. The van der Waals surface area contributed by atoms with Crippen molar-refractivity contribution in [2.45, 2.75) is 58.7 Å². The number of rotatable bonds is 12. The van der Waals surface area contributed by atoms with Crippen molar-refractivity contribution in [3.63, 3.8) is 0 Å². The van der Waals surface area contributed by atoms with Gasteiger partial charge in [0.25, 0.3) is 5.56 Å². The third-order valence-electron chi connectivity index (χ3n) is 7.23. The van der Waals surface area contributed by atoms with Crippen LogP contribution in [0.4, 0.5) is 17.6 Å². The molecule has 1 aromatic heterocycles. The van der Waals surface area contributed by atoms with Crippen LogP contribution in [0.15, 0.2) is 41.3 Å². The number of hydrogen-bond acceptors (Lipinski definition) is 5. The van der Waals surface area contributed by atoms with E-state index in [2.05, 4.69) is 5.32 Å². The SMILES string of the molecule is Cc1cc(F)cc(C)c1-c1cc(F)c(F)c(C(O)(CC(=O)O)NC(=O)C(CC(C)C)n2cc(CCN(C)C)cc(F)c2=O)c1. The number of carboxylic acid groups (broad SMARTS) is 1. The van der Waals surface area contributed by atoms with Crippen LogP contribution < -0.4 is 10.9 Å².